The van der Waals surface area contributed by atoms with Gasteiger partial charge in [-0.1, -0.05) is 48.5 Å². The molecule has 0 spiro atoms. The van der Waals surface area contributed by atoms with Crippen LogP contribution in [0.5, 0.6) is 17.2 Å². The minimum Gasteiger partial charge on any atom is -0.496 e. The molecule has 2 aliphatic rings. The first-order valence-electron chi connectivity index (χ1n) is 17.6. The summed E-state index contributed by atoms with van der Waals surface area (Å²) in [4.78, 5) is 61.8. The standard InChI is InChI=1S/C39H46N6O7/c1-25-37(47)43-31(18-26-10-5-4-6-11-26)38(48)40-14-15-45(23-28-20-34-35(21-33(28)50-3)52-17-9-16-51-34)24-36(46)42-32(39(49)44(25)2)19-27-22-41-30-13-8-7-12-29(27)30/h4-8,10-13,20-22,25,31-32,41H,9,14-19,23-24H2,1-3H3,(H,40,48)(H,42,46)(H,43,47)/t25-,31-,32-/m0/s1. The van der Waals surface area contributed by atoms with Crippen LogP contribution in [-0.4, -0.2) is 104 Å². The molecule has 4 N–H and O–H groups in total. The van der Waals surface area contributed by atoms with Crippen LogP contribution >= 0.6 is 0 Å². The maximum Gasteiger partial charge on any atom is 0.245 e. The number of nitrogens with zero attached hydrogens (tertiary/aromatic N) is 2. The van der Waals surface area contributed by atoms with Crippen LogP contribution in [0.3, 0.4) is 0 Å². The first-order chi connectivity index (χ1) is 25.2. The van der Waals surface area contributed by atoms with E-state index in [2.05, 4.69) is 20.9 Å². The van der Waals surface area contributed by atoms with E-state index in [0.29, 0.717) is 30.5 Å². The average molecular weight is 711 g/mol. The number of carbonyl (C=O) groups is 4. The van der Waals surface area contributed by atoms with Gasteiger partial charge in [0.1, 0.15) is 23.9 Å². The van der Waals surface area contributed by atoms with Crippen molar-refractivity contribution >= 4 is 34.5 Å². The molecular weight excluding hydrogens is 664 g/mol. The van der Waals surface area contributed by atoms with Crippen LogP contribution in [0.1, 0.15) is 30.0 Å². The van der Waals surface area contributed by atoms with Crippen molar-refractivity contribution in [1.29, 1.82) is 0 Å². The van der Waals surface area contributed by atoms with Gasteiger partial charge in [0.05, 0.1) is 26.9 Å². The number of rotatable bonds is 7. The Morgan fingerprint density at radius 1 is 0.846 bits per heavy atom. The van der Waals surface area contributed by atoms with Crippen molar-refractivity contribution < 1.29 is 33.4 Å². The van der Waals surface area contributed by atoms with E-state index in [1.54, 1.807) is 20.1 Å². The van der Waals surface area contributed by atoms with E-state index in [1.807, 2.05) is 71.8 Å². The number of H-pyrrole nitrogens is 1. The van der Waals surface area contributed by atoms with E-state index in [9.17, 15) is 19.2 Å². The second kappa shape index (κ2) is 16.6. The third-order valence-corrected chi connectivity index (χ3v) is 9.59. The number of nitrogens with one attached hydrogen (secondary N) is 4. The fourth-order valence-corrected chi connectivity index (χ4v) is 6.59. The molecule has 0 saturated carbocycles. The van der Waals surface area contributed by atoms with Crippen LogP contribution in [-0.2, 0) is 38.6 Å². The third kappa shape index (κ3) is 8.65. The Morgan fingerprint density at radius 2 is 1.58 bits per heavy atom. The minimum atomic E-state index is -0.980. The van der Waals surface area contributed by atoms with Gasteiger partial charge in [0.15, 0.2) is 11.5 Å². The van der Waals surface area contributed by atoms with Gasteiger partial charge in [-0.15, -0.1) is 0 Å². The summed E-state index contributed by atoms with van der Waals surface area (Å²) in [6.07, 6.45) is 3.03. The number of para-hydroxylation sites is 1. The van der Waals surface area contributed by atoms with Crippen molar-refractivity contribution in [2.75, 3.05) is 47.0 Å². The highest BCUT2D eigenvalue weighted by molar-refractivity contribution is 5.95. The summed E-state index contributed by atoms with van der Waals surface area (Å²) >= 11 is 0. The lowest BCUT2D eigenvalue weighted by Crippen LogP contribution is -2.57. The van der Waals surface area contributed by atoms with Crippen LogP contribution in [0.25, 0.3) is 10.9 Å². The van der Waals surface area contributed by atoms with Gasteiger partial charge in [-0.05, 0) is 30.2 Å². The average Bonchev–Trinajstić information content (AvgIpc) is 3.41. The molecule has 4 aromatic rings. The molecule has 13 heteroatoms. The van der Waals surface area contributed by atoms with Gasteiger partial charge < -0.3 is 40.0 Å². The summed E-state index contributed by atoms with van der Waals surface area (Å²) in [5, 5.41) is 9.76. The Kier molecular flexibility index (Phi) is 11.6. The molecule has 13 nitrogen and oxygen atoms in total. The lowest BCUT2D eigenvalue weighted by atomic mass is 10.0. The van der Waals surface area contributed by atoms with E-state index in [-0.39, 0.29) is 50.8 Å². The molecule has 0 aliphatic carbocycles. The van der Waals surface area contributed by atoms with Gasteiger partial charge in [-0.3, -0.25) is 24.1 Å². The predicted octanol–water partition coefficient (Wildman–Crippen LogP) is 2.57. The Bertz CT molecular complexity index is 1900. The Labute approximate surface area is 303 Å². The Morgan fingerprint density at radius 3 is 2.35 bits per heavy atom. The number of benzene rings is 3. The van der Waals surface area contributed by atoms with Gasteiger partial charge in [0.2, 0.25) is 23.6 Å². The van der Waals surface area contributed by atoms with Gasteiger partial charge in [0, 0.05) is 74.7 Å². The number of ether oxygens (including phenoxy) is 3. The second-order valence-electron chi connectivity index (χ2n) is 13.2. The zero-order valence-electron chi connectivity index (χ0n) is 29.8. The molecule has 2 aliphatic heterocycles. The lowest BCUT2D eigenvalue weighted by Gasteiger charge is -2.30. The molecule has 3 atom stereocenters. The topological polar surface area (TPSA) is 154 Å². The second-order valence-corrected chi connectivity index (χ2v) is 13.2. The number of aromatic nitrogens is 1. The highest BCUT2D eigenvalue weighted by Crippen LogP contribution is 2.37. The molecule has 274 valence electrons. The summed E-state index contributed by atoms with van der Waals surface area (Å²) in [6.45, 7) is 3.29. The van der Waals surface area contributed by atoms with Crippen molar-refractivity contribution in [3.8, 4) is 17.2 Å². The van der Waals surface area contributed by atoms with E-state index >= 15 is 0 Å². The number of amides is 4. The van der Waals surface area contributed by atoms with Gasteiger partial charge >= 0.3 is 0 Å². The first-order valence-corrected chi connectivity index (χ1v) is 17.6. The molecule has 1 saturated heterocycles. The largest absolute Gasteiger partial charge is 0.496 e. The van der Waals surface area contributed by atoms with Crippen LogP contribution in [0.4, 0.5) is 0 Å². The van der Waals surface area contributed by atoms with Crippen LogP contribution in [0.15, 0.2) is 72.9 Å². The quantitative estimate of drug-likeness (QED) is 0.228. The first kappa shape index (κ1) is 36.2. The maximum atomic E-state index is 14.2. The summed E-state index contributed by atoms with van der Waals surface area (Å²) in [6, 6.07) is 18.0. The lowest BCUT2D eigenvalue weighted by molar-refractivity contribution is -0.142. The zero-order valence-corrected chi connectivity index (χ0v) is 29.8. The molecule has 52 heavy (non-hydrogen) atoms. The highest BCUT2D eigenvalue weighted by Gasteiger charge is 2.33. The molecule has 3 heterocycles. The molecular formula is C39H46N6O7. The van der Waals surface area contributed by atoms with Crippen molar-refractivity contribution in [3.63, 3.8) is 0 Å². The van der Waals surface area contributed by atoms with Gasteiger partial charge in [-0.2, -0.15) is 0 Å². The maximum absolute atomic E-state index is 14.2. The molecule has 1 aromatic heterocycles. The SMILES string of the molecule is COc1cc2c(cc1CN1CCNC(=O)[C@H](Cc3ccccc3)NC(=O)[C@H](C)N(C)C(=O)[C@H](Cc3c[nH]c4ccccc34)NC(=O)C1)OCCCO2. The normalized spacial score (nSPS) is 21.0. The van der Waals surface area contributed by atoms with Crippen molar-refractivity contribution in [2.24, 2.45) is 0 Å². The number of likely N-dealkylation sites (N-methyl/N-ethyl adjacent to an activating group) is 1. The zero-order chi connectivity index (χ0) is 36.6. The van der Waals surface area contributed by atoms with E-state index in [4.69, 9.17) is 14.2 Å². The van der Waals surface area contributed by atoms with Gasteiger partial charge in [0.25, 0.3) is 0 Å². The predicted molar refractivity (Wildman–Crippen MR) is 195 cm³/mol. The van der Waals surface area contributed by atoms with Gasteiger partial charge in [-0.25, -0.2) is 0 Å². The van der Waals surface area contributed by atoms with Crippen molar-refractivity contribution in [3.05, 3.63) is 89.6 Å². The van der Waals surface area contributed by atoms with E-state index in [1.165, 1.54) is 11.9 Å². The molecule has 0 bridgehead atoms. The number of methoxy groups -OCH3 is 1. The van der Waals surface area contributed by atoms with Crippen LogP contribution in [0.2, 0.25) is 0 Å². The van der Waals surface area contributed by atoms with E-state index < -0.39 is 29.9 Å². The minimum absolute atomic E-state index is 0.0883. The van der Waals surface area contributed by atoms with Crippen LogP contribution < -0.4 is 30.2 Å². The summed E-state index contributed by atoms with van der Waals surface area (Å²) in [5.74, 6) is 0.0638. The molecule has 3 aromatic carbocycles. The number of hydrogen-bond donors (Lipinski definition) is 4. The molecule has 0 radical (unpaired) electrons. The summed E-state index contributed by atoms with van der Waals surface area (Å²) < 4.78 is 17.5. The molecule has 4 amide bonds. The number of fused-ring (bicyclic) bond motifs is 2. The number of carbonyl (C=O) groups excluding carboxylic acids is 4. The fraction of sp³-hybridized carbons (Fsp3) is 0.385. The van der Waals surface area contributed by atoms with Crippen molar-refractivity contribution in [2.45, 2.75) is 50.9 Å². The fourth-order valence-electron chi connectivity index (χ4n) is 6.59. The number of hydrogen-bond acceptors (Lipinski definition) is 8. The monoisotopic (exact) mass is 710 g/mol. The van der Waals surface area contributed by atoms with Crippen molar-refractivity contribution in [1.82, 2.24) is 30.7 Å². The summed E-state index contributed by atoms with van der Waals surface area (Å²) in [7, 11) is 3.11. The molecule has 1 fully saturated rings. The number of aromatic amines is 1. The molecule has 0 unspecified atom stereocenters. The third-order valence-electron chi connectivity index (χ3n) is 9.59. The molecule has 6 rings (SSSR count). The van der Waals surface area contributed by atoms with E-state index in [0.717, 1.165) is 34.0 Å². The Balaban J connectivity index is 1.31. The smallest absolute Gasteiger partial charge is 0.245 e. The summed E-state index contributed by atoms with van der Waals surface area (Å²) in [5.41, 5.74) is 3.39. The van der Waals surface area contributed by atoms with Crippen LogP contribution in [0, 0.1) is 0 Å². The Hall–Kier alpha value is -5.56. The highest BCUT2D eigenvalue weighted by atomic mass is 16.5.